The van der Waals surface area contributed by atoms with Crippen molar-refractivity contribution in [1.29, 1.82) is 0 Å². The fourth-order valence-corrected chi connectivity index (χ4v) is 0. The molecule has 0 saturated carbocycles. The van der Waals surface area contributed by atoms with E-state index in [-0.39, 0.29) is 132 Å². The minimum Gasteiger partial charge on any atom is 0 e. The second-order valence-electron chi connectivity index (χ2n) is 0. The molecular formula is EuNi5. The number of rotatable bonds is 0. The van der Waals surface area contributed by atoms with Crippen LogP contribution in [0.25, 0.3) is 0 Å². The average Bonchev–Trinajstić information content (AvgIpc) is 0. The van der Waals surface area contributed by atoms with Crippen molar-refractivity contribution in [3.05, 3.63) is 0 Å². The molecular weight excluding hydrogens is 445 g/mol. The zero-order valence-corrected chi connectivity index (χ0v) is 9.32. The van der Waals surface area contributed by atoms with E-state index in [1.165, 1.54) is 0 Å². The SMILES string of the molecule is [Eu].[Ni].[Ni].[Ni].[Ni].[Ni]. The van der Waals surface area contributed by atoms with Crippen LogP contribution in [-0.4, -0.2) is 0 Å². The molecule has 0 unspecified atom stereocenters. The first-order valence-electron chi connectivity index (χ1n) is 0. The zero-order chi connectivity index (χ0) is 0. The summed E-state index contributed by atoms with van der Waals surface area (Å²) in [4.78, 5) is 0. The van der Waals surface area contributed by atoms with Gasteiger partial charge in [0.25, 0.3) is 0 Å². The molecule has 0 saturated heterocycles. The van der Waals surface area contributed by atoms with Crippen molar-refractivity contribution in [3.8, 4) is 0 Å². The summed E-state index contributed by atoms with van der Waals surface area (Å²) in [6.45, 7) is 0. The van der Waals surface area contributed by atoms with Crippen LogP contribution in [0.2, 0.25) is 0 Å². The van der Waals surface area contributed by atoms with E-state index < -0.39 is 0 Å². The van der Waals surface area contributed by atoms with Gasteiger partial charge in [0.2, 0.25) is 0 Å². The van der Waals surface area contributed by atoms with E-state index in [9.17, 15) is 0 Å². The summed E-state index contributed by atoms with van der Waals surface area (Å²) < 4.78 is 0. The van der Waals surface area contributed by atoms with Crippen LogP contribution in [0.5, 0.6) is 0 Å². The number of hydrogen-bond acceptors (Lipinski definition) is 0. The molecule has 0 aromatic heterocycles. The fourth-order valence-electron chi connectivity index (χ4n) is 0. The molecule has 0 spiro atoms. The number of hydrogen-bond donors (Lipinski definition) is 0. The largest absolute Gasteiger partial charge is 0 e. The smallest absolute Gasteiger partial charge is 0 e. The van der Waals surface area contributed by atoms with Crippen molar-refractivity contribution in [2.75, 3.05) is 0 Å². The minimum absolute atomic E-state index is 0. The second kappa shape index (κ2) is 35.7. The van der Waals surface area contributed by atoms with Gasteiger partial charge < -0.3 is 0 Å². The van der Waals surface area contributed by atoms with E-state index in [1.807, 2.05) is 0 Å². The molecule has 1 radical (unpaired) electrons. The monoisotopic (exact) mass is 443 g/mol. The first-order valence-corrected chi connectivity index (χ1v) is 0. The summed E-state index contributed by atoms with van der Waals surface area (Å²) in [5.41, 5.74) is 0. The Morgan fingerprint density at radius 3 is 0.333 bits per heavy atom. The third kappa shape index (κ3) is 24.4. The molecule has 57 valence electrons. The van der Waals surface area contributed by atoms with Crippen molar-refractivity contribution < 1.29 is 132 Å². The van der Waals surface area contributed by atoms with Crippen molar-refractivity contribution in [2.24, 2.45) is 0 Å². The van der Waals surface area contributed by atoms with Gasteiger partial charge in [0.1, 0.15) is 0 Å². The topological polar surface area (TPSA) is 0 Å². The molecule has 6 heteroatoms. The molecule has 0 nitrogen and oxygen atoms in total. The third-order valence-corrected chi connectivity index (χ3v) is 0. The van der Waals surface area contributed by atoms with Gasteiger partial charge in [0.15, 0.2) is 0 Å². The van der Waals surface area contributed by atoms with Gasteiger partial charge in [-0.2, -0.15) is 0 Å². The Balaban J connectivity index is 0. The van der Waals surface area contributed by atoms with Crippen molar-refractivity contribution in [2.45, 2.75) is 0 Å². The van der Waals surface area contributed by atoms with Gasteiger partial charge in [-0.1, -0.05) is 0 Å². The van der Waals surface area contributed by atoms with Crippen molar-refractivity contribution >= 4 is 0 Å². The summed E-state index contributed by atoms with van der Waals surface area (Å²) in [6, 6.07) is 0. The van der Waals surface area contributed by atoms with E-state index in [2.05, 4.69) is 0 Å². The minimum atomic E-state index is 0. The van der Waals surface area contributed by atoms with Gasteiger partial charge >= 0.3 is 0 Å². The quantitative estimate of drug-likeness (QED) is 0.461. The molecule has 0 heterocycles. The van der Waals surface area contributed by atoms with Crippen molar-refractivity contribution in [1.82, 2.24) is 0 Å². The van der Waals surface area contributed by atoms with Gasteiger partial charge in [0.05, 0.1) is 0 Å². The molecule has 6 heavy (non-hydrogen) atoms. The Kier molecular flexibility index (Phi) is 299. The maximum atomic E-state index is 0. The summed E-state index contributed by atoms with van der Waals surface area (Å²) in [7, 11) is 0. The Bertz CT molecular complexity index is 3.90. The first-order chi connectivity index (χ1) is 0. The molecule has 0 aromatic rings. The van der Waals surface area contributed by atoms with Gasteiger partial charge in [0, 0.05) is 132 Å². The Morgan fingerprint density at radius 1 is 0.333 bits per heavy atom. The molecule has 0 aliphatic heterocycles. The maximum Gasteiger partial charge on any atom is 0 e. The van der Waals surface area contributed by atoms with Gasteiger partial charge in [-0.25, -0.2) is 0 Å². The summed E-state index contributed by atoms with van der Waals surface area (Å²) >= 11 is 0. The summed E-state index contributed by atoms with van der Waals surface area (Å²) in [6.07, 6.45) is 0. The summed E-state index contributed by atoms with van der Waals surface area (Å²) in [5, 5.41) is 0. The molecule has 0 aliphatic carbocycles. The van der Waals surface area contributed by atoms with Crippen LogP contribution in [0.15, 0.2) is 0 Å². The van der Waals surface area contributed by atoms with Crippen LogP contribution in [-0.2, 0) is 82.5 Å². The average molecular weight is 445 g/mol. The maximum absolute atomic E-state index is 0. The normalized spacial score (nSPS) is 0. The molecule has 0 bridgehead atoms. The van der Waals surface area contributed by atoms with Crippen LogP contribution in [0.1, 0.15) is 0 Å². The van der Waals surface area contributed by atoms with Crippen LogP contribution < -0.4 is 0 Å². The Morgan fingerprint density at radius 2 is 0.333 bits per heavy atom. The first kappa shape index (κ1) is 50.2. The van der Waals surface area contributed by atoms with Gasteiger partial charge in [-0.3, -0.25) is 0 Å². The molecule has 0 amide bonds. The molecule has 0 atom stereocenters. The Hall–Kier alpha value is 4.05. The van der Waals surface area contributed by atoms with Gasteiger partial charge in [-0.15, -0.1) is 0 Å². The summed E-state index contributed by atoms with van der Waals surface area (Å²) in [5.74, 6) is 0. The molecule has 0 aliphatic rings. The Labute approximate surface area is 129 Å². The van der Waals surface area contributed by atoms with E-state index in [0.717, 1.165) is 0 Å². The standard InChI is InChI=1S/Eu.5Ni. The van der Waals surface area contributed by atoms with E-state index in [0.29, 0.717) is 0 Å². The molecule has 0 fully saturated rings. The fraction of sp³-hybridized carbons (Fsp3) is 0. The van der Waals surface area contributed by atoms with Crippen molar-refractivity contribution in [3.63, 3.8) is 0 Å². The molecule has 0 N–H and O–H groups in total. The third-order valence-electron chi connectivity index (χ3n) is 0. The van der Waals surface area contributed by atoms with Crippen LogP contribution in [0.3, 0.4) is 0 Å². The predicted octanol–water partition coefficient (Wildman–Crippen LogP) is -0.0125. The van der Waals surface area contributed by atoms with E-state index in [4.69, 9.17) is 0 Å². The van der Waals surface area contributed by atoms with Gasteiger partial charge in [-0.05, 0) is 0 Å². The second-order valence-corrected chi connectivity index (χ2v) is 0. The van der Waals surface area contributed by atoms with E-state index >= 15 is 0 Å². The van der Waals surface area contributed by atoms with E-state index in [1.54, 1.807) is 0 Å². The predicted molar refractivity (Wildman–Crippen MR) is 0 cm³/mol. The van der Waals surface area contributed by atoms with Crippen LogP contribution in [0, 0.1) is 49.4 Å². The van der Waals surface area contributed by atoms with Crippen LogP contribution in [0.4, 0.5) is 0 Å². The molecule has 0 aromatic carbocycles. The molecule has 0 rings (SSSR count). The zero-order valence-electron chi connectivity index (χ0n) is 1.96. The van der Waals surface area contributed by atoms with Crippen LogP contribution >= 0.6 is 0 Å².